The second-order valence-electron chi connectivity index (χ2n) is 5.43. The van der Waals surface area contributed by atoms with Crippen LogP contribution in [-0.2, 0) is 0 Å². The van der Waals surface area contributed by atoms with Crippen LogP contribution in [0.25, 0.3) is 0 Å². The normalized spacial score (nSPS) is 10.7. The van der Waals surface area contributed by atoms with Gasteiger partial charge in [-0.25, -0.2) is 9.97 Å². The Hall–Kier alpha value is -1.99. The Labute approximate surface area is 144 Å². The zero-order valence-corrected chi connectivity index (χ0v) is 15.0. The first-order chi connectivity index (χ1) is 11.0. The first-order valence-electron chi connectivity index (χ1n) is 7.24. The number of likely N-dealkylation sites (N-methyl/N-ethyl adjacent to an activating group) is 1. The monoisotopic (exact) mass is 377 g/mol. The van der Waals surface area contributed by atoms with Gasteiger partial charge in [0, 0.05) is 29.3 Å². The predicted molar refractivity (Wildman–Crippen MR) is 95.1 cm³/mol. The number of carbonyl (C=O) groups is 1. The molecule has 0 saturated heterocycles. The minimum atomic E-state index is -0.204. The minimum absolute atomic E-state index is 0.204. The number of hydrogen-bond donors (Lipinski definition) is 2. The lowest BCUT2D eigenvalue weighted by Crippen LogP contribution is -2.31. The Kier molecular flexibility index (Phi) is 6.06. The molecule has 7 heteroatoms. The van der Waals surface area contributed by atoms with Gasteiger partial charge in [-0.1, -0.05) is 15.9 Å². The van der Waals surface area contributed by atoms with Crippen LogP contribution >= 0.6 is 15.9 Å². The van der Waals surface area contributed by atoms with E-state index in [1.54, 1.807) is 6.07 Å². The summed E-state index contributed by atoms with van der Waals surface area (Å²) < 4.78 is 1.02. The van der Waals surface area contributed by atoms with Gasteiger partial charge in [-0.3, -0.25) is 4.79 Å². The number of hydrogen-bond acceptors (Lipinski definition) is 5. The fraction of sp³-hybridized carbons (Fsp3) is 0.312. The molecule has 1 aromatic heterocycles. The summed E-state index contributed by atoms with van der Waals surface area (Å²) in [6.07, 6.45) is 1.39. The highest BCUT2D eigenvalue weighted by molar-refractivity contribution is 9.10. The van der Waals surface area contributed by atoms with E-state index >= 15 is 0 Å². The van der Waals surface area contributed by atoms with Gasteiger partial charge in [0.25, 0.3) is 5.91 Å². The van der Waals surface area contributed by atoms with Crippen molar-refractivity contribution in [1.82, 2.24) is 20.2 Å². The van der Waals surface area contributed by atoms with Crippen LogP contribution in [0.2, 0.25) is 0 Å². The molecule has 0 saturated carbocycles. The van der Waals surface area contributed by atoms with Gasteiger partial charge in [-0.05, 0) is 44.8 Å². The molecular formula is C16H20BrN5O. The smallest absolute Gasteiger partial charge is 0.270 e. The van der Waals surface area contributed by atoms with Crippen molar-refractivity contribution in [2.24, 2.45) is 0 Å². The summed E-state index contributed by atoms with van der Waals surface area (Å²) in [7, 11) is 3.92. The number of anilines is 2. The zero-order chi connectivity index (χ0) is 16.8. The average Bonchev–Trinajstić information content (AvgIpc) is 2.50. The standard InChI is InChI=1S/C16H20BrN5O/c1-11-8-12(17)4-5-13(11)21-15-9-14(19-10-20-15)16(23)18-6-7-22(2)3/h4-5,8-10H,6-7H2,1-3H3,(H,18,23)(H,19,20,21). The maximum Gasteiger partial charge on any atom is 0.270 e. The third-order valence-electron chi connectivity index (χ3n) is 3.20. The molecule has 0 aliphatic rings. The molecule has 0 spiro atoms. The molecule has 1 aromatic carbocycles. The quantitative estimate of drug-likeness (QED) is 0.809. The van der Waals surface area contributed by atoms with Crippen molar-refractivity contribution in [2.75, 3.05) is 32.5 Å². The number of aryl methyl sites for hydroxylation is 1. The van der Waals surface area contributed by atoms with Gasteiger partial charge in [0.15, 0.2) is 0 Å². The third kappa shape index (κ3) is 5.30. The lowest BCUT2D eigenvalue weighted by molar-refractivity contribution is 0.0946. The molecule has 6 nitrogen and oxygen atoms in total. The molecular weight excluding hydrogens is 358 g/mol. The van der Waals surface area contributed by atoms with Gasteiger partial charge >= 0.3 is 0 Å². The van der Waals surface area contributed by atoms with Crippen molar-refractivity contribution in [1.29, 1.82) is 0 Å². The number of nitrogens with zero attached hydrogens (tertiary/aromatic N) is 3. The molecule has 0 unspecified atom stereocenters. The van der Waals surface area contributed by atoms with Crippen molar-refractivity contribution >= 4 is 33.3 Å². The van der Waals surface area contributed by atoms with Crippen LogP contribution in [0.5, 0.6) is 0 Å². The molecule has 0 bridgehead atoms. The summed E-state index contributed by atoms with van der Waals surface area (Å²) in [5, 5.41) is 6.04. The van der Waals surface area contributed by atoms with Crippen LogP contribution in [0.15, 0.2) is 35.1 Å². The maximum absolute atomic E-state index is 12.1. The minimum Gasteiger partial charge on any atom is -0.349 e. The molecule has 1 heterocycles. The molecule has 1 amide bonds. The number of carbonyl (C=O) groups excluding carboxylic acids is 1. The number of benzene rings is 1. The van der Waals surface area contributed by atoms with Crippen LogP contribution in [0.3, 0.4) is 0 Å². The van der Waals surface area contributed by atoms with Crippen LogP contribution in [-0.4, -0.2) is 48.0 Å². The topological polar surface area (TPSA) is 70.2 Å². The maximum atomic E-state index is 12.1. The van der Waals surface area contributed by atoms with Gasteiger partial charge in [0.2, 0.25) is 0 Å². The number of halogens is 1. The van der Waals surface area contributed by atoms with Crippen molar-refractivity contribution in [3.8, 4) is 0 Å². The van der Waals surface area contributed by atoms with Crippen LogP contribution in [0, 0.1) is 6.92 Å². The molecule has 0 aliphatic carbocycles. The van der Waals surface area contributed by atoms with E-state index in [0.717, 1.165) is 22.3 Å². The number of amides is 1. The third-order valence-corrected chi connectivity index (χ3v) is 3.69. The van der Waals surface area contributed by atoms with Gasteiger partial charge in [0.05, 0.1) is 0 Å². The fourth-order valence-corrected chi connectivity index (χ4v) is 2.41. The Balaban J connectivity index is 2.06. The highest BCUT2D eigenvalue weighted by Crippen LogP contribution is 2.22. The molecule has 0 radical (unpaired) electrons. The average molecular weight is 378 g/mol. The summed E-state index contributed by atoms with van der Waals surface area (Å²) in [6, 6.07) is 7.56. The molecule has 2 aromatic rings. The molecule has 0 fully saturated rings. The Morgan fingerprint density at radius 2 is 2.04 bits per heavy atom. The molecule has 0 atom stereocenters. The largest absolute Gasteiger partial charge is 0.349 e. The van der Waals surface area contributed by atoms with Crippen LogP contribution in [0.1, 0.15) is 16.1 Å². The van der Waals surface area contributed by atoms with E-state index in [9.17, 15) is 4.79 Å². The van der Waals surface area contributed by atoms with E-state index in [4.69, 9.17) is 0 Å². The molecule has 122 valence electrons. The predicted octanol–water partition coefficient (Wildman–Crippen LogP) is 2.58. The summed E-state index contributed by atoms with van der Waals surface area (Å²) >= 11 is 3.44. The van der Waals surface area contributed by atoms with Gasteiger partial charge in [0.1, 0.15) is 17.8 Å². The molecule has 0 aliphatic heterocycles. The van der Waals surface area contributed by atoms with Crippen molar-refractivity contribution in [3.63, 3.8) is 0 Å². The van der Waals surface area contributed by atoms with Crippen LogP contribution in [0.4, 0.5) is 11.5 Å². The van der Waals surface area contributed by atoms with Crippen molar-refractivity contribution < 1.29 is 4.79 Å². The summed E-state index contributed by atoms with van der Waals surface area (Å²) in [5.41, 5.74) is 2.36. The van der Waals surface area contributed by atoms with Crippen molar-refractivity contribution in [3.05, 3.63) is 46.3 Å². The molecule has 2 N–H and O–H groups in total. The van der Waals surface area contributed by atoms with Crippen molar-refractivity contribution in [2.45, 2.75) is 6.92 Å². The van der Waals surface area contributed by atoms with Gasteiger partial charge < -0.3 is 15.5 Å². The summed E-state index contributed by atoms with van der Waals surface area (Å²) in [4.78, 5) is 22.3. The number of aromatic nitrogens is 2. The van der Waals surface area contributed by atoms with E-state index in [2.05, 4.69) is 36.5 Å². The van der Waals surface area contributed by atoms with E-state index in [1.165, 1.54) is 6.33 Å². The number of rotatable bonds is 6. The second kappa shape index (κ2) is 8.03. The van der Waals surface area contributed by atoms with Gasteiger partial charge in [-0.15, -0.1) is 0 Å². The van der Waals surface area contributed by atoms with Gasteiger partial charge in [-0.2, -0.15) is 0 Å². The van der Waals surface area contributed by atoms with Crippen LogP contribution < -0.4 is 10.6 Å². The highest BCUT2D eigenvalue weighted by atomic mass is 79.9. The van der Waals surface area contributed by atoms with E-state index in [0.29, 0.717) is 18.1 Å². The molecule has 2 rings (SSSR count). The highest BCUT2D eigenvalue weighted by Gasteiger charge is 2.09. The SMILES string of the molecule is Cc1cc(Br)ccc1Nc1cc(C(=O)NCCN(C)C)ncn1. The lowest BCUT2D eigenvalue weighted by Gasteiger charge is -2.11. The first kappa shape index (κ1) is 17.4. The second-order valence-corrected chi connectivity index (χ2v) is 6.35. The fourth-order valence-electron chi connectivity index (χ4n) is 1.94. The van der Waals surface area contributed by atoms with E-state index in [-0.39, 0.29) is 5.91 Å². The first-order valence-corrected chi connectivity index (χ1v) is 8.03. The summed E-state index contributed by atoms with van der Waals surface area (Å²) in [5.74, 6) is 0.382. The number of nitrogens with one attached hydrogen (secondary N) is 2. The zero-order valence-electron chi connectivity index (χ0n) is 13.4. The summed E-state index contributed by atoms with van der Waals surface area (Å²) in [6.45, 7) is 3.35. The van der Waals surface area contributed by atoms with E-state index in [1.807, 2.05) is 44.1 Å². The molecule has 23 heavy (non-hydrogen) atoms. The van der Waals surface area contributed by atoms with E-state index < -0.39 is 0 Å². The Morgan fingerprint density at radius 1 is 1.26 bits per heavy atom. The lowest BCUT2D eigenvalue weighted by atomic mass is 10.2. The Morgan fingerprint density at radius 3 is 2.74 bits per heavy atom. The Bertz CT molecular complexity index is 690.